The van der Waals surface area contributed by atoms with Crippen LogP contribution in [-0.4, -0.2) is 29.5 Å². The van der Waals surface area contributed by atoms with E-state index in [2.05, 4.69) is 16.1 Å². The second kappa shape index (κ2) is 9.86. The van der Waals surface area contributed by atoms with E-state index in [1.54, 1.807) is 66.7 Å². The maximum Gasteiger partial charge on any atom is 0.328 e. The molecule has 34 heavy (non-hydrogen) atoms. The number of nitrogens with one attached hydrogen (secondary N) is 3. The molecule has 10 heteroatoms. The van der Waals surface area contributed by atoms with E-state index < -0.39 is 17.7 Å². The van der Waals surface area contributed by atoms with Crippen molar-refractivity contribution in [2.24, 2.45) is 0 Å². The normalized spacial score (nSPS) is 10.6. The fourth-order valence-corrected chi connectivity index (χ4v) is 3.70. The third kappa shape index (κ3) is 4.83. The smallest absolute Gasteiger partial charge is 0.328 e. The Kier molecular flexibility index (Phi) is 6.72. The summed E-state index contributed by atoms with van der Waals surface area (Å²) in [6, 6.07) is 19.8. The van der Waals surface area contributed by atoms with E-state index in [-0.39, 0.29) is 5.69 Å². The number of anilines is 2. The zero-order valence-corrected chi connectivity index (χ0v) is 19.3. The van der Waals surface area contributed by atoms with Crippen LogP contribution in [0.4, 0.5) is 11.4 Å². The van der Waals surface area contributed by atoms with Gasteiger partial charge in [0.2, 0.25) is 0 Å². The van der Waals surface area contributed by atoms with Crippen LogP contribution in [0, 0.1) is 0 Å². The molecule has 0 aliphatic carbocycles. The molecule has 0 saturated carbocycles. The lowest BCUT2D eigenvalue weighted by Gasteiger charge is -2.14. The van der Waals surface area contributed by atoms with E-state index in [9.17, 15) is 14.4 Å². The molecule has 0 radical (unpaired) electrons. The third-order valence-electron chi connectivity index (χ3n) is 4.86. The van der Waals surface area contributed by atoms with Gasteiger partial charge in [-0.15, -0.1) is 0 Å². The van der Waals surface area contributed by atoms with Crippen molar-refractivity contribution in [1.82, 2.24) is 4.68 Å². The Balaban J connectivity index is 1.68. The van der Waals surface area contributed by atoms with E-state index in [4.69, 9.17) is 27.9 Å². The molecule has 4 aromatic rings. The molecule has 0 unspecified atom stereocenters. The maximum absolute atomic E-state index is 13.1. The van der Waals surface area contributed by atoms with Gasteiger partial charge in [-0.3, -0.25) is 19.8 Å². The number of nitrogens with zero attached hydrogens (tertiary/aromatic N) is 1. The molecular formula is C24H18Cl2N4O4. The quantitative estimate of drug-likeness (QED) is 0.341. The van der Waals surface area contributed by atoms with Crippen molar-refractivity contribution >= 4 is 63.2 Å². The van der Waals surface area contributed by atoms with Crippen molar-refractivity contribution in [2.45, 2.75) is 0 Å². The minimum absolute atomic E-state index is 0.0586. The van der Waals surface area contributed by atoms with Gasteiger partial charge in [0.15, 0.2) is 0 Å². The van der Waals surface area contributed by atoms with Crippen LogP contribution >= 0.6 is 23.2 Å². The van der Waals surface area contributed by atoms with E-state index in [0.717, 1.165) is 0 Å². The molecule has 0 saturated heterocycles. The number of para-hydroxylation sites is 2. The van der Waals surface area contributed by atoms with Gasteiger partial charge >= 0.3 is 11.8 Å². The van der Waals surface area contributed by atoms with Gasteiger partial charge in [-0.2, -0.15) is 0 Å². The van der Waals surface area contributed by atoms with Crippen molar-refractivity contribution in [3.8, 4) is 5.75 Å². The molecule has 8 nitrogen and oxygen atoms in total. The average Bonchev–Trinajstić information content (AvgIpc) is 3.19. The van der Waals surface area contributed by atoms with Crippen LogP contribution in [0.25, 0.3) is 10.9 Å². The van der Waals surface area contributed by atoms with Crippen LogP contribution in [0.5, 0.6) is 5.75 Å². The maximum atomic E-state index is 13.1. The van der Waals surface area contributed by atoms with Crippen molar-refractivity contribution in [1.29, 1.82) is 0 Å². The van der Waals surface area contributed by atoms with Gasteiger partial charge in [-0.1, -0.05) is 53.5 Å². The zero-order valence-electron chi connectivity index (χ0n) is 17.8. The Morgan fingerprint density at radius 3 is 2.35 bits per heavy atom. The van der Waals surface area contributed by atoms with Crippen LogP contribution < -0.4 is 20.8 Å². The highest BCUT2D eigenvalue weighted by atomic mass is 35.5. The number of ether oxygens (including phenoxy) is 1. The van der Waals surface area contributed by atoms with Gasteiger partial charge in [0.1, 0.15) is 17.0 Å². The van der Waals surface area contributed by atoms with Crippen LogP contribution in [0.2, 0.25) is 10.0 Å². The Morgan fingerprint density at radius 2 is 1.62 bits per heavy atom. The van der Waals surface area contributed by atoms with E-state index in [0.29, 0.717) is 38.1 Å². The molecule has 0 spiro atoms. The van der Waals surface area contributed by atoms with Crippen LogP contribution in [0.3, 0.4) is 0 Å². The summed E-state index contributed by atoms with van der Waals surface area (Å²) in [6.07, 6.45) is 0. The summed E-state index contributed by atoms with van der Waals surface area (Å²) >= 11 is 12.1. The third-order valence-corrected chi connectivity index (χ3v) is 5.43. The van der Waals surface area contributed by atoms with E-state index in [1.165, 1.54) is 17.9 Å². The molecule has 172 valence electrons. The molecule has 1 aromatic heterocycles. The fourth-order valence-electron chi connectivity index (χ4n) is 3.33. The van der Waals surface area contributed by atoms with Crippen LogP contribution in [0.15, 0.2) is 72.8 Å². The van der Waals surface area contributed by atoms with Crippen LogP contribution in [0.1, 0.15) is 10.5 Å². The van der Waals surface area contributed by atoms with Gasteiger partial charge < -0.3 is 15.4 Å². The number of amides is 3. The number of carbonyl (C=O) groups excluding carboxylic acids is 3. The predicted molar refractivity (Wildman–Crippen MR) is 132 cm³/mol. The molecule has 0 aliphatic heterocycles. The lowest BCUT2D eigenvalue weighted by molar-refractivity contribution is -0.133. The predicted octanol–water partition coefficient (Wildman–Crippen LogP) is 4.92. The van der Waals surface area contributed by atoms with Crippen molar-refractivity contribution in [3.63, 3.8) is 0 Å². The monoisotopic (exact) mass is 496 g/mol. The largest absolute Gasteiger partial charge is 0.494 e. The summed E-state index contributed by atoms with van der Waals surface area (Å²) in [5.41, 5.74) is 3.68. The van der Waals surface area contributed by atoms with Crippen LogP contribution in [-0.2, 0) is 9.59 Å². The molecule has 0 fully saturated rings. The van der Waals surface area contributed by atoms with Crippen molar-refractivity contribution in [2.75, 3.05) is 23.2 Å². The number of fused-ring (bicyclic) bond motifs is 1. The SMILES string of the molecule is COc1cccc2cc(C(=O)Nc3ccccc3Cl)n(NC(=O)C(=O)Nc3cccc(Cl)c3)c12. The number of methoxy groups -OCH3 is 1. The minimum Gasteiger partial charge on any atom is -0.494 e. The number of hydrogen-bond acceptors (Lipinski definition) is 4. The number of aromatic nitrogens is 1. The standard InChI is InChI=1S/C24H18Cl2N4O4/c1-34-20-11-4-6-14-12-19(22(31)28-18-10-3-2-9-17(18)26)30(21(14)20)29-24(33)23(32)27-16-8-5-7-15(25)13-16/h2-13H,1H3,(H,27,32)(H,28,31)(H,29,33). The summed E-state index contributed by atoms with van der Waals surface area (Å²) in [4.78, 5) is 38.4. The molecule has 1 heterocycles. The molecule has 0 atom stereocenters. The number of carbonyl (C=O) groups is 3. The zero-order chi connectivity index (χ0) is 24.2. The highest BCUT2D eigenvalue weighted by Gasteiger charge is 2.23. The molecule has 4 rings (SSSR count). The first-order chi connectivity index (χ1) is 16.4. The average molecular weight is 497 g/mol. The molecule has 0 aliphatic rings. The summed E-state index contributed by atoms with van der Waals surface area (Å²) in [5.74, 6) is -2.11. The summed E-state index contributed by atoms with van der Waals surface area (Å²) in [5, 5.41) is 6.54. The first-order valence-corrected chi connectivity index (χ1v) is 10.7. The van der Waals surface area contributed by atoms with Gasteiger partial charge in [-0.05, 0) is 42.5 Å². The minimum atomic E-state index is -1.00. The van der Waals surface area contributed by atoms with Gasteiger partial charge in [0.25, 0.3) is 5.91 Å². The first-order valence-electron chi connectivity index (χ1n) is 9.99. The Morgan fingerprint density at radius 1 is 0.853 bits per heavy atom. The number of rotatable bonds is 5. The van der Waals surface area contributed by atoms with Gasteiger partial charge in [0, 0.05) is 16.1 Å². The number of halogens is 2. The first kappa shape index (κ1) is 23.2. The summed E-state index contributed by atoms with van der Waals surface area (Å²) in [6.45, 7) is 0. The molecule has 3 amide bonds. The molecule has 3 aromatic carbocycles. The van der Waals surface area contributed by atoms with E-state index >= 15 is 0 Å². The van der Waals surface area contributed by atoms with Gasteiger partial charge in [-0.25, -0.2) is 4.68 Å². The summed E-state index contributed by atoms with van der Waals surface area (Å²) < 4.78 is 6.62. The topological polar surface area (TPSA) is 101 Å². The summed E-state index contributed by atoms with van der Waals surface area (Å²) in [7, 11) is 1.46. The highest BCUT2D eigenvalue weighted by Crippen LogP contribution is 2.29. The fraction of sp³-hybridized carbons (Fsp3) is 0.0417. The molecule has 0 bridgehead atoms. The van der Waals surface area contributed by atoms with Crippen molar-refractivity contribution < 1.29 is 19.1 Å². The lowest BCUT2D eigenvalue weighted by Crippen LogP contribution is -2.36. The Labute approximate surface area is 204 Å². The Bertz CT molecular complexity index is 1420. The van der Waals surface area contributed by atoms with Gasteiger partial charge in [0.05, 0.1) is 17.8 Å². The number of benzene rings is 3. The Hall–Kier alpha value is -4.01. The highest BCUT2D eigenvalue weighted by molar-refractivity contribution is 6.42. The lowest BCUT2D eigenvalue weighted by atomic mass is 10.2. The van der Waals surface area contributed by atoms with E-state index in [1.807, 2.05) is 0 Å². The second-order valence-corrected chi connectivity index (χ2v) is 7.95. The second-order valence-electron chi connectivity index (χ2n) is 7.10. The molecule has 3 N–H and O–H groups in total. The van der Waals surface area contributed by atoms with Crippen molar-refractivity contribution in [3.05, 3.63) is 88.5 Å². The number of hydrogen-bond donors (Lipinski definition) is 3. The molecular weight excluding hydrogens is 479 g/mol.